The Balaban J connectivity index is 2.64. The molecule has 0 aliphatic rings. The largest absolute Gasteiger partial charge is 0.474 e. The molecule has 2 N–H and O–H groups in total. The molecule has 1 aromatic rings. The average molecular weight is 170 g/mol. The van der Waals surface area contributed by atoms with Crippen LogP contribution >= 0.6 is 0 Å². The number of rotatable bonds is 1. The molecular formula is C6H6N2O4. The lowest BCUT2D eigenvalue weighted by molar-refractivity contribution is -0.147. The Morgan fingerprint density at radius 2 is 2.33 bits per heavy atom. The monoisotopic (exact) mass is 170 g/mol. The molecule has 0 spiro atoms. The third kappa shape index (κ3) is 1.82. The fraction of sp³-hybridized carbons (Fsp3) is 0.167. The van der Waals surface area contributed by atoms with Crippen LogP contribution in [0.2, 0.25) is 0 Å². The van der Waals surface area contributed by atoms with Gasteiger partial charge >= 0.3 is 11.9 Å². The number of anilines is 1. The van der Waals surface area contributed by atoms with Gasteiger partial charge in [-0.25, -0.2) is 4.79 Å². The number of carboxylic acids is 1. The molecule has 0 aliphatic heterocycles. The summed E-state index contributed by atoms with van der Waals surface area (Å²) >= 11 is 0. The van der Waals surface area contributed by atoms with E-state index in [1.165, 1.54) is 6.07 Å². The van der Waals surface area contributed by atoms with E-state index >= 15 is 0 Å². The minimum Gasteiger partial charge on any atom is -0.474 e. The van der Waals surface area contributed by atoms with E-state index in [0.717, 1.165) is 0 Å². The first-order chi connectivity index (χ1) is 5.59. The summed E-state index contributed by atoms with van der Waals surface area (Å²) in [5.74, 6) is -2.69. The molecule has 0 saturated heterocycles. The summed E-state index contributed by atoms with van der Waals surface area (Å²) in [4.78, 5) is 20.6. The van der Waals surface area contributed by atoms with Gasteiger partial charge in [0.1, 0.15) is 0 Å². The summed E-state index contributed by atoms with van der Waals surface area (Å²) in [5, 5.41) is 13.6. The minimum atomic E-state index is -1.57. The fourth-order valence-electron chi connectivity index (χ4n) is 0.588. The minimum absolute atomic E-state index is 0.0277. The van der Waals surface area contributed by atoms with Crippen molar-refractivity contribution in [3.8, 4) is 0 Å². The molecule has 1 aromatic heterocycles. The van der Waals surface area contributed by atoms with Crippen LogP contribution in [-0.2, 0) is 9.59 Å². The highest BCUT2D eigenvalue weighted by atomic mass is 16.5. The van der Waals surface area contributed by atoms with Gasteiger partial charge in [0.25, 0.3) is 0 Å². The molecular weight excluding hydrogens is 164 g/mol. The van der Waals surface area contributed by atoms with Crippen molar-refractivity contribution < 1.29 is 19.2 Å². The Morgan fingerprint density at radius 3 is 2.75 bits per heavy atom. The number of carboxylic acid groups (broad SMARTS) is 1. The second-order valence-corrected chi connectivity index (χ2v) is 2.09. The topological polar surface area (TPSA) is 92.4 Å². The molecule has 6 heteroatoms. The van der Waals surface area contributed by atoms with Gasteiger partial charge in [0.15, 0.2) is 0 Å². The quantitative estimate of drug-likeness (QED) is 0.579. The van der Waals surface area contributed by atoms with E-state index in [2.05, 4.69) is 9.68 Å². The van der Waals surface area contributed by atoms with Crippen molar-refractivity contribution in [2.45, 2.75) is 6.92 Å². The van der Waals surface area contributed by atoms with Crippen molar-refractivity contribution in [3.05, 3.63) is 11.8 Å². The van der Waals surface area contributed by atoms with Crippen molar-refractivity contribution in [1.82, 2.24) is 5.16 Å². The molecule has 0 saturated carbocycles. The summed E-state index contributed by atoms with van der Waals surface area (Å²) in [7, 11) is 0. The standard InChI is InChI=1S/C6H6N2O4/c1-3-2-4(12-8-3)7-5(9)6(10)11/h2H,1H3,(H,7,9)(H,10,11). The average Bonchev–Trinajstić information content (AvgIpc) is 2.35. The second kappa shape index (κ2) is 3.04. The summed E-state index contributed by atoms with van der Waals surface area (Å²) in [5.41, 5.74) is 0.565. The fourth-order valence-corrected chi connectivity index (χ4v) is 0.588. The van der Waals surface area contributed by atoms with Gasteiger partial charge in [-0.2, -0.15) is 0 Å². The van der Waals surface area contributed by atoms with Crippen LogP contribution in [0.15, 0.2) is 10.6 Å². The highest BCUT2D eigenvalue weighted by molar-refractivity contribution is 6.36. The maximum Gasteiger partial charge on any atom is 0.394 e. The van der Waals surface area contributed by atoms with E-state index in [1.807, 2.05) is 5.32 Å². The molecule has 1 rings (SSSR count). The number of nitrogens with zero attached hydrogens (tertiary/aromatic N) is 1. The molecule has 0 radical (unpaired) electrons. The highest BCUT2D eigenvalue weighted by Gasteiger charge is 2.13. The zero-order valence-corrected chi connectivity index (χ0v) is 6.20. The van der Waals surface area contributed by atoms with E-state index in [9.17, 15) is 9.59 Å². The number of nitrogens with one attached hydrogen (secondary N) is 1. The van der Waals surface area contributed by atoms with Gasteiger partial charge < -0.3 is 9.63 Å². The third-order valence-corrected chi connectivity index (χ3v) is 1.06. The molecule has 0 aliphatic carbocycles. The van der Waals surface area contributed by atoms with Gasteiger partial charge in [-0.1, -0.05) is 5.16 Å². The Hall–Kier alpha value is -1.85. The van der Waals surface area contributed by atoms with E-state index in [-0.39, 0.29) is 5.88 Å². The van der Waals surface area contributed by atoms with E-state index in [4.69, 9.17) is 5.11 Å². The Kier molecular flexibility index (Phi) is 2.09. The first kappa shape index (κ1) is 8.25. The lowest BCUT2D eigenvalue weighted by Crippen LogP contribution is -2.21. The van der Waals surface area contributed by atoms with Gasteiger partial charge in [0.2, 0.25) is 5.88 Å². The Morgan fingerprint density at radius 1 is 1.67 bits per heavy atom. The number of aliphatic carboxylic acids is 1. The predicted molar refractivity (Wildman–Crippen MR) is 37.5 cm³/mol. The van der Waals surface area contributed by atoms with Crippen LogP contribution in [0.4, 0.5) is 5.88 Å². The predicted octanol–water partition coefficient (Wildman–Crippen LogP) is 0.00612. The van der Waals surface area contributed by atoms with Crippen LogP contribution in [0.3, 0.4) is 0 Å². The molecule has 1 amide bonds. The first-order valence-electron chi connectivity index (χ1n) is 3.07. The molecule has 0 aromatic carbocycles. The molecule has 6 nitrogen and oxygen atoms in total. The molecule has 0 atom stereocenters. The van der Waals surface area contributed by atoms with E-state index in [0.29, 0.717) is 5.69 Å². The smallest absolute Gasteiger partial charge is 0.394 e. The van der Waals surface area contributed by atoms with Crippen molar-refractivity contribution >= 4 is 17.8 Å². The Bertz CT molecular complexity index is 317. The van der Waals surface area contributed by atoms with Crippen LogP contribution in [0.1, 0.15) is 5.69 Å². The third-order valence-electron chi connectivity index (χ3n) is 1.06. The molecule has 0 unspecified atom stereocenters. The van der Waals surface area contributed by atoms with Crippen LogP contribution < -0.4 is 5.32 Å². The summed E-state index contributed by atoms with van der Waals surface area (Å²) in [6.07, 6.45) is 0. The lowest BCUT2D eigenvalue weighted by atomic mass is 10.5. The van der Waals surface area contributed by atoms with Crippen LogP contribution in [0, 0.1) is 6.92 Å². The first-order valence-corrected chi connectivity index (χ1v) is 3.07. The van der Waals surface area contributed by atoms with Gasteiger partial charge in [0, 0.05) is 6.07 Å². The number of hydrogen-bond donors (Lipinski definition) is 2. The number of carbonyl (C=O) groups is 2. The zero-order valence-electron chi connectivity index (χ0n) is 6.20. The maximum absolute atomic E-state index is 10.5. The van der Waals surface area contributed by atoms with Gasteiger partial charge in [0.05, 0.1) is 5.69 Å². The number of hydrogen-bond acceptors (Lipinski definition) is 4. The summed E-state index contributed by atoms with van der Waals surface area (Å²) in [6.45, 7) is 1.65. The molecule has 64 valence electrons. The Labute approximate surface area is 67.2 Å². The zero-order chi connectivity index (χ0) is 9.14. The summed E-state index contributed by atoms with van der Waals surface area (Å²) < 4.78 is 4.54. The highest BCUT2D eigenvalue weighted by Crippen LogP contribution is 2.07. The normalized spacial score (nSPS) is 9.42. The molecule has 1 heterocycles. The summed E-state index contributed by atoms with van der Waals surface area (Å²) in [6, 6.07) is 1.42. The van der Waals surface area contributed by atoms with Gasteiger partial charge in [-0.3, -0.25) is 10.1 Å². The van der Waals surface area contributed by atoms with Crippen LogP contribution in [0.5, 0.6) is 0 Å². The second-order valence-electron chi connectivity index (χ2n) is 2.09. The van der Waals surface area contributed by atoms with Crippen molar-refractivity contribution in [3.63, 3.8) is 0 Å². The number of aromatic nitrogens is 1. The lowest BCUT2D eigenvalue weighted by Gasteiger charge is -1.92. The SMILES string of the molecule is Cc1cc(NC(=O)C(=O)O)on1. The van der Waals surface area contributed by atoms with Crippen LogP contribution in [-0.4, -0.2) is 22.1 Å². The molecule has 12 heavy (non-hydrogen) atoms. The van der Waals surface area contributed by atoms with Crippen molar-refractivity contribution in [2.75, 3.05) is 5.32 Å². The van der Waals surface area contributed by atoms with Crippen molar-refractivity contribution in [1.29, 1.82) is 0 Å². The number of carbonyl (C=O) groups excluding carboxylic acids is 1. The van der Waals surface area contributed by atoms with E-state index in [1.54, 1.807) is 6.92 Å². The number of aryl methyl sites for hydroxylation is 1. The van der Waals surface area contributed by atoms with Crippen LogP contribution in [0.25, 0.3) is 0 Å². The van der Waals surface area contributed by atoms with E-state index < -0.39 is 11.9 Å². The maximum atomic E-state index is 10.5. The molecule has 0 fully saturated rings. The van der Waals surface area contributed by atoms with Gasteiger partial charge in [-0.15, -0.1) is 0 Å². The molecule has 0 bridgehead atoms. The van der Waals surface area contributed by atoms with Gasteiger partial charge in [-0.05, 0) is 6.92 Å². The van der Waals surface area contributed by atoms with Crippen molar-refractivity contribution in [2.24, 2.45) is 0 Å². The number of amides is 1.